The monoisotopic (exact) mass is 266 g/mol. The Morgan fingerprint density at radius 3 is 2.22 bits per heavy atom. The van der Waals surface area contributed by atoms with Crippen LogP contribution in [0.2, 0.25) is 0 Å². The van der Waals surface area contributed by atoms with Crippen molar-refractivity contribution in [2.75, 3.05) is 5.88 Å². The normalized spacial score (nSPS) is 11.2. The molecule has 0 aliphatic rings. The molecule has 0 amide bonds. The minimum absolute atomic E-state index is 0.104. The topological polar surface area (TPSA) is 26.9 Å². The molecule has 4 heteroatoms. The smallest absolute Gasteiger partial charge is 0.292 e. The van der Waals surface area contributed by atoms with E-state index >= 15 is 0 Å². The average molecular weight is 267 g/mol. The molecule has 0 atom stereocenters. The second-order valence-corrected chi connectivity index (χ2v) is 4.85. The third-order valence-electron chi connectivity index (χ3n) is 3.14. The molecule has 3 nitrogen and oxygen atoms in total. The van der Waals surface area contributed by atoms with Gasteiger partial charge in [-0.2, -0.15) is 0 Å². The van der Waals surface area contributed by atoms with Gasteiger partial charge in [0.15, 0.2) is 0 Å². The molecule has 0 aliphatic heterocycles. The fourth-order valence-electron chi connectivity index (χ4n) is 2.29. The fourth-order valence-corrected chi connectivity index (χ4v) is 2.48. The van der Waals surface area contributed by atoms with Crippen molar-refractivity contribution in [2.24, 2.45) is 0 Å². The highest BCUT2D eigenvalue weighted by atomic mass is 35.5. The van der Waals surface area contributed by atoms with Crippen molar-refractivity contribution < 1.29 is 0 Å². The van der Waals surface area contributed by atoms with Gasteiger partial charge in [0.1, 0.15) is 0 Å². The zero-order chi connectivity index (χ0) is 13.0. The minimum atomic E-state index is 0.104. The number of aromatic nitrogens is 2. The van der Waals surface area contributed by atoms with E-state index < -0.39 is 0 Å². The highest BCUT2D eigenvalue weighted by Gasteiger charge is 2.11. The Bertz CT molecular complexity index is 571. The van der Waals surface area contributed by atoms with Crippen LogP contribution in [-0.2, 0) is 13.1 Å². The van der Waals surface area contributed by atoms with Crippen molar-refractivity contribution in [3.05, 3.63) is 34.7 Å². The third kappa shape index (κ3) is 2.46. The first-order valence-corrected chi connectivity index (χ1v) is 7.07. The van der Waals surface area contributed by atoms with Crippen molar-refractivity contribution in [1.82, 2.24) is 9.13 Å². The van der Waals surface area contributed by atoms with E-state index in [-0.39, 0.29) is 5.69 Å². The second kappa shape index (κ2) is 6.10. The zero-order valence-electron chi connectivity index (χ0n) is 10.7. The molecule has 0 saturated carbocycles. The van der Waals surface area contributed by atoms with Crippen LogP contribution in [0.1, 0.15) is 26.2 Å². The lowest BCUT2D eigenvalue weighted by atomic mass is 10.3. The summed E-state index contributed by atoms with van der Waals surface area (Å²) in [6.07, 6.45) is 2.86. The molecule has 2 aromatic rings. The van der Waals surface area contributed by atoms with Crippen molar-refractivity contribution >= 4 is 22.6 Å². The summed E-state index contributed by atoms with van der Waals surface area (Å²) in [7, 11) is 0. The number of benzene rings is 1. The largest absolute Gasteiger partial charge is 0.329 e. The Morgan fingerprint density at radius 2 is 1.67 bits per heavy atom. The number of aryl methyl sites for hydroxylation is 2. The van der Waals surface area contributed by atoms with Crippen LogP contribution in [0.15, 0.2) is 29.1 Å². The molecule has 18 heavy (non-hydrogen) atoms. The van der Waals surface area contributed by atoms with Crippen molar-refractivity contribution in [3.63, 3.8) is 0 Å². The SMILES string of the molecule is CCCn1c(=O)n(CCCCCl)c2ccccc21. The van der Waals surface area contributed by atoms with Crippen LogP contribution in [-0.4, -0.2) is 15.0 Å². The molecule has 0 saturated heterocycles. The molecular formula is C14H19ClN2O. The summed E-state index contributed by atoms with van der Waals surface area (Å²) in [5.41, 5.74) is 2.17. The van der Waals surface area contributed by atoms with Crippen LogP contribution in [0.3, 0.4) is 0 Å². The first-order chi connectivity index (χ1) is 8.79. The van der Waals surface area contributed by atoms with Gasteiger partial charge in [0.05, 0.1) is 11.0 Å². The average Bonchev–Trinajstić information content (AvgIpc) is 2.65. The maximum absolute atomic E-state index is 12.4. The van der Waals surface area contributed by atoms with Crippen LogP contribution in [0, 0.1) is 0 Å². The molecule has 1 aromatic carbocycles. The summed E-state index contributed by atoms with van der Waals surface area (Å²) in [6.45, 7) is 3.62. The van der Waals surface area contributed by atoms with E-state index in [1.807, 2.05) is 33.4 Å². The molecule has 0 unspecified atom stereocenters. The molecule has 1 heterocycles. The van der Waals surface area contributed by atoms with Gasteiger partial charge in [-0.1, -0.05) is 19.1 Å². The summed E-state index contributed by atoms with van der Waals surface area (Å²) in [6, 6.07) is 8.00. The number of para-hydroxylation sites is 2. The van der Waals surface area contributed by atoms with Gasteiger partial charge in [-0.25, -0.2) is 4.79 Å². The first-order valence-electron chi connectivity index (χ1n) is 6.53. The summed E-state index contributed by atoms with van der Waals surface area (Å²) >= 11 is 5.69. The van der Waals surface area contributed by atoms with Crippen LogP contribution in [0.25, 0.3) is 11.0 Å². The summed E-state index contributed by atoms with van der Waals surface area (Å²) in [4.78, 5) is 12.4. The fraction of sp³-hybridized carbons (Fsp3) is 0.500. The van der Waals surface area contributed by atoms with E-state index in [2.05, 4.69) is 6.92 Å². The van der Waals surface area contributed by atoms with Gasteiger partial charge in [0.25, 0.3) is 0 Å². The lowest BCUT2D eigenvalue weighted by Gasteiger charge is -2.01. The highest BCUT2D eigenvalue weighted by Crippen LogP contribution is 2.13. The lowest BCUT2D eigenvalue weighted by Crippen LogP contribution is -2.24. The van der Waals surface area contributed by atoms with Crippen LogP contribution in [0.4, 0.5) is 0 Å². The predicted molar refractivity (Wildman–Crippen MR) is 76.4 cm³/mol. The van der Waals surface area contributed by atoms with Crippen LogP contribution >= 0.6 is 11.6 Å². The predicted octanol–water partition coefficient (Wildman–Crippen LogP) is 3.23. The van der Waals surface area contributed by atoms with Gasteiger partial charge >= 0.3 is 5.69 Å². The van der Waals surface area contributed by atoms with Gasteiger partial charge in [-0.05, 0) is 31.4 Å². The Kier molecular flexibility index (Phi) is 4.48. The number of hydrogen-bond acceptors (Lipinski definition) is 1. The molecule has 0 spiro atoms. The number of halogens is 1. The lowest BCUT2D eigenvalue weighted by molar-refractivity contribution is 0.588. The Morgan fingerprint density at radius 1 is 1.06 bits per heavy atom. The van der Waals surface area contributed by atoms with Gasteiger partial charge in [0, 0.05) is 19.0 Å². The van der Waals surface area contributed by atoms with E-state index in [0.717, 1.165) is 43.4 Å². The highest BCUT2D eigenvalue weighted by molar-refractivity contribution is 6.17. The van der Waals surface area contributed by atoms with Crippen molar-refractivity contribution in [3.8, 4) is 0 Å². The van der Waals surface area contributed by atoms with E-state index in [0.29, 0.717) is 5.88 Å². The molecule has 0 fully saturated rings. The molecule has 1 aromatic heterocycles. The van der Waals surface area contributed by atoms with E-state index in [1.54, 1.807) is 0 Å². The third-order valence-corrected chi connectivity index (χ3v) is 3.40. The van der Waals surface area contributed by atoms with E-state index in [1.165, 1.54) is 0 Å². The maximum atomic E-state index is 12.4. The number of unbranched alkanes of at least 4 members (excludes halogenated alkanes) is 1. The number of hydrogen-bond donors (Lipinski definition) is 0. The quantitative estimate of drug-likeness (QED) is 0.583. The van der Waals surface area contributed by atoms with Crippen molar-refractivity contribution in [2.45, 2.75) is 39.3 Å². The first kappa shape index (κ1) is 13.2. The Labute approximate surface area is 112 Å². The molecule has 0 radical (unpaired) electrons. The summed E-state index contributed by atoms with van der Waals surface area (Å²) in [5, 5.41) is 0. The van der Waals surface area contributed by atoms with Gasteiger partial charge < -0.3 is 0 Å². The van der Waals surface area contributed by atoms with Crippen molar-refractivity contribution in [1.29, 1.82) is 0 Å². The number of nitrogens with zero attached hydrogens (tertiary/aromatic N) is 2. The van der Waals surface area contributed by atoms with E-state index in [4.69, 9.17) is 11.6 Å². The van der Waals surface area contributed by atoms with E-state index in [9.17, 15) is 4.79 Å². The molecule has 0 bridgehead atoms. The number of imidazole rings is 1. The minimum Gasteiger partial charge on any atom is -0.292 e. The van der Waals surface area contributed by atoms with Crippen LogP contribution < -0.4 is 5.69 Å². The number of fused-ring (bicyclic) bond motifs is 1. The summed E-state index contributed by atoms with van der Waals surface area (Å²) < 4.78 is 3.74. The van der Waals surface area contributed by atoms with Gasteiger partial charge in [-0.15, -0.1) is 11.6 Å². The zero-order valence-corrected chi connectivity index (χ0v) is 11.5. The number of alkyl halides is 1. The Balaban J connectivity index is 2.44. The second-order valence-electron chi connectivity index (χ2n) is 4.47. The summed E-state index contributed by atoms with van der Waals surface area (Å²) in [5.74, 6) is 0.655. The molecule has 0 aliphatic carbocycles. The van der Waals surface area contributed by atoms with Gasteiger partial charge in [0.2, 0.25) is 0 Å². The molecular weight excluding hydrogens is 248 g/mol. The van der Waals surface area contributed by atoms with Gasteiger partial charge in [-0.3, -0.25) is 9.13 Å². The molecule has 98 valence electrons. The molecule has 2 rings (SSSR count). The molecule has 0 N–H and O–H groups in total. The Hall–Kier alpha value is -1.22. The van der Waals surface area contributed by atoms with Crippen LogP contribution in [0.5, 0.6) is 0 Å². The number of rotatable bonds is 6. The standard InChI is InChI=1S/C14H19ClN2O/c1-2-10-16-12-7-3-4-8-13(12)17(14(16)18)11-6-5-9-15/h3-4,7-8H,2,5-6,9-11H2,1H3. The maximum Gasteiger partial charge on any atom is 0.329 e.